The molecule has 2 rings (SSSR count). The van der Waals surface area contributed by atoms with E-state index in [1.54, 1.807) is 32.1 Å². The Morgan fingerprint density at radius 2 is 1.60 bits per heavy atom. The van der Waals surface area contributed by atoms with Crippen molar-refractivity contribution < 1.29 is 19.1 Å². The van der Waals surface area contributed by atoms with E-state index in [-0.39, 0.29) is 18.8 Å². The van der Waals surface area contributed by atoms with Crippen molar-refractivity contribution in [3.05, 3.63) is 72.1 Å². The quantitative estimate of drug-likeness (QED) is 0.375. The Balaban J connectivity index is 0.000000370. The second-order valence-corrected chi connectivity index (χ2v) is 4.74. The van der Waals surface area contributed by atoms with Crippen LogP contribution in [0.15, 0.2) is 60.8 Å². The minimum atomic E-state index is -0.667. The number of benzene rings is 1. The zero-order valence-corrected chi connectivity index (χ0v) is 14.5. The van der Waals surface area contributed by atoms with E-state index in [4.69, 9.17) is 9.47 Å². The summed E-state index contributed by atoms with van der Waals surface area (Å²) in [5.41, 5.74) is 1.72. The van der Waals surface area contributed by atoms with Crippen molar-refractivity contribution in [2.45, 2.75) is 13.8 Å². The van der Waals surface area contributed by atoms with Crippen LogP contribution in [0.25, 0.3) is 12.2 Å². The van der Waals surface area contributed by atoms with Gasteiger partial charge in [0, 0.05) is 11.9 Å². The van der Waals surface area contributed by atoms with Crippen molar-refractivity contribution in [2.75, 3.05) is 13.2 Å². The molecule has 0 atom stereocenters. The maximum atomic E-state index is 11.7. The first-order chi connectivity index (χ1) is 12.1. The van der Waals surface area contributed by atoms with Crippen LogP contribution >= 0.6 is 0 Å². The van der Waals surface area contributed by atoms with E-state index in [0.29, 0.717) is 0 Å². The van der Waals surface area contributed by atoms with Crippen LogP contribution in [-0.2, 0) is 19.1 Å². The Kier molecular flexibility index (Phi) is 9.15. The lowest BCUT2D eigenvalue weighted by Gasteiger charge is -2.06. The highest BCUT2D eigenvalue weighted by Crippen LogP contribution is 2.10. The largest absolute Gasteiger partial charge is 0.462 e. The number of aromatic amines is 1. The van der Waals surface area contributed by atoms with E-state index in [9.17, 15) is 9.59 Å². The summed E-state index contributed by atoms with van der Waals surface area (Å²) in [6.45, 7) is 7.36. The van der Waals surface area contributed by atoms with Gasteiger partial charge in [-0.1, -0.05) is 36.9 Å². The van der Waals surface area contributed by atoms with E-state index >= 15 is 0 Å². The normalized spacial score (nSPS) is 9.20. The van der Waals surface area contributed by atoms with E-state index in [0.717, 1.165) is 11.3 Å². The molecule has 132 valence electrons. The number of carbonyl (C=O) groups excluding carboxylic acids is 2. The average molecular weight is 341 g/mol. The smallest absolute Gasteiger partial charge is 0.345 e. The summed E-state index contributed by atoms with van der Waals surface area (Å²) in [5.74, 6) is -1.33. The molecule has 0 unspecified atom stereocenters. The van der Waals surface area contributed by atoms with Gasteiger partial charge in [-0.2, -0.15) is 0 Å². The Morgan fingerprint density at radius 1 is 1.00 bits per heavy atom. The highest BCUT2D eigenvalue weighted by Gasteiger charge is 2.20. The standard InChI is InChI=1S/C14H16O4.C6H7N/c1-3-17-13(15)12(14(16)18-4-2)10-11-8-6-5-7-9-11;1-2-6-4-3-5-7-6/h5-10H,3-4H2,1-2H3;2-5,7H,1H2. The van der Waals surface area contributed by atoms with Crippen molar-refractivity contribution in [1.82, 2.24) is 4.98 Å². The summed E-state index contributed by atoms with van der Waals surface area (Å²) >= 11 is 0. The number of aromatic nitrogens is 1. The molecular formula is C20H23NO4. The fourth-order valence-corrected chi connectivity index (χ4v) is 1.81. The summed E-state index contributed by atoms with van der Waals surface area (Å²) in [4.78, 5) is 26.3. The molecule has 0 amide bonds. The van der Waals surface area contributed by atoms with Crippen LogP contribution in [-0.4, -0.2) is 30.1 Å². The van der Waals surface area contributed by atoms with Crippen molar-refractivity contribution in [3.63, 3.8) is 0 Å². The molecule has 1 aromatic carbocycles. The molecule has 0 radical (unpaired) electrons. The molecule has 5 heteroatoms. The van der Waals surface area contributed by atoms with Gasteiger partial charge in [0.05, 0.1) is 13.2 Å². The zero-order valence-electron chi connectivity index (χ0n) is 14.5. The van der Waals surface area contributed by atoms with Crippen LogP contribution < -0.4 is 0 Å². The Morgan fingerprint density at radius 3 is 2.00 bits per heavy atom. The molecular weight excluding hydrogens is 318 g/mol. The molecule has 0 aliphatic rings. The van der Waals surface area contributed by atoms with Gasteiger partial charge in [-0.25, -0.2) is 9.59 Å². The molecule has 1 aromatic heterocycles. The first-order valence-corrected chi connectivity index (χ1v) is 7.99. The molecule has 1 N–H and O–H groups in total. The molecule has 0 saturated heterocycles. The van der Waals surface area contributed by atoms with Crippen LogP contribution in [0.3, 0.4) is 0 Å². The molecule has 25 heavy (non-hydrogen) atoms. The van der Waals surface area contributed by atoms with Gasteiger partial charge < -0.3 is 14.5 Å². The van der Waals surface area contributed by atoms with Crippen LogP contribution in [0, 0.1) is 0 Å². The van der Waals surface area contributed by atoms with Gasteiger partial charge in [-0.05, 0) is 43.7 Å². The molecule has 0 bridgehead atoms. The highest BCUT2D eigenvalue weighted by atomic mass is 16.6. The predicted molar refractivity (Wildman–Crippen MR) is 98.6 cm³/mol. The van der Waals surface area contributed by atoms with Crippen LogP contribution in [0.5, 0.6) is 0 Å². The summed E-state index contributed by atoms with van der Waals surface area (Å²) < 4.78 is 9.67. The van der Waals surface area contributed by atoms with Crippen molar-refractivity contribution >= 4 is 24.1 Å². The van der Waals surface area contributed by atoms with E-state index < -0.39 is 11.9 Å². The summed E-state index contributed by atoms with van der Waals surface area (Å²) in [5, 5.41) is 0. The monoisotopic (exact) mass is 341 g/mol. The molecule has 0 saturated carbocycles. The highest BCUT2D eigenvalue weighted by molar-refractivity contribution is 6.17. The predicted octanol–water partition coefficient (Wildman–Crippen LogP) is 3.85. The first kappa shape index (κ1) is 20.0. The first-order valence-electron chi connectivity index (χ1n) is 7.99. The molecule has 0 aliphatic carbocycles. The maximum absolute atomic E-state index is 11.7. The van der Waals surface area contributed by atoms with Gasteiger partial charge in [0.1, 0.15) is 5.57 Å². The van der Waals surface area contributed by atoms with Gasteiger partial charge in [-0.3, -0.25) is 0 Å². The number of rotatable bonds is 6. The molecule has 1 heterocycles. The molecule has 5 nitrogen and oxygen atoms in total. The molecule has 0 aliphatic heterocycles. The fraction of sp³-hybridized carbons (Fsp3) is 0.200. The Labute approximate surface area is 148 Å². The number of carbonyl (C=O) groups is 2. The number of H-pyrrole nitrogens is 1. The third kappa shape index (κ3) is 7.35. The van der Waals surface area contributed by atoms with E-state index in [1.807, 2.05) is 36.5 Å². The third-order valence-electron chi connectivity index (χ3n) is 2.94. The topological polar surface area (TPSA) is 68.4 Å². The number of nitrogens with one attached hydrogen (secondary N) is 1. The zero-order chi connectivity index (χ0) is 18.5. The summed E-state index contributed by atoms with van der Waals surface area (Å²) in [6, 6.07) is 13.0. The summed E-state index contributed by atoms with van der Waals surface area (Å²) in [7, 11) is 0. The number of ether oxygens (including phenoxy) is 2. The molecule has 0 spiro atoms. The number of hydrogen-bond acceptors (Lipinski definition) is 4. The number of hydrogen-bond donors (Lipinski definition) is 1. The lowest BCUT2D eigenvalue weighted by molar-refractivity contribution is -0.146. The SMILES string of the molecule is C=Cc1ccc[nH]1.CCOC(=O)C(=Cc1ccccc1)C(=O)OCC. The number of esters is 2. The van der Waals surface area contributed by atoms with Gasteiger partial charge in [0.15, 0.2) is 0 Å². The van der Waals surface area contributed by atoms with Crippen LogP contribution in [0.4, 0.5) is 0 Å². The van der Waals surface area contributed by atoms with Crippen molar-refractivity contribution in [3.8, 4) is 0 Å². The van der Waals surface area contributed by atoms with E-state index in [2.05, 4.69) is 11.6 Å². The van der Waals surface area contributed by atoms with Crippen molar-refractivity contribution in [2.24, 2.45) is 0 Å². The second kappa shape index (κ2) is 11.5. The molecule has 2 aromatic rings. The van der Waals surface area contributed by atoms with Crippen molar-refractivity contribution in [1.29, 1.82) is 0 Å². The lowest BCUT2D eigenvalue weighted by atomic mass is 10.1. The van der Waals surface area contributed by atoms with Gasteiger partial charge in [0.25, 0.3) is 0 Å². The van der Waals surface area contributed by atoms with Gasteiger partial charge >= 0.3 is 11.9 Å². The minimum absolute atomic E-state index is 0.0927. The van der Waals surface area contributed by atoms with Crippen LogP contribution in [0.2, 0.25) is 0 Å². The second-order valence-electron chi connectivity index (χ2n) is 4.74. The maximum Gasteiger partial charge on any atom is 0.345 e. The van der Waals surface area contributed by atoms with Gasteiger partial charge in [0.2, 0.25) is 0 Å². The summed E-state index contributed by atoms with van der Waals surface area (Å²) in [6.07, 6.45) is 5.12. The fourth-order valence-electron chi connectivity index (χ4n) is 1.81. The Hall–Kier alpha value is -3.08. The van der Waals surface area contributed by atoms with E-state index in [1.165, 1.54) is 6.08 Å². The average Bonchev–Trinajstić information content (AvgIpc) is 3.15. The van der Waals surface area contributed by atoms with Crippen LogP contribution in [0.1, 0.15) is 25.1 Å². The Bertz CT molecular complexity index is 668. The third-order valence-corrected chi connectivity index (χ3v) is 2.94. The lowest BCUT2D eigenvalue weighted by Crippen LogP contribution is -2.18. The van der Waals surface area contributed by atoms with Gasteiger partial charge in [-0.15, -0.1) is 0 Å². The minimum Gasteiger partial charge on any atom is -0.462 e. The molecule has 0 fully saturated rings.